The zero-order valence-corrected chi connectivity index (χ0v) is 24.8. The molecule has 212 valence electrons. The van der Waals surface area contributed by atoms with Crippen LogP contribution in [-0.2, 0) is 9.53 Å². The molecular formula is C31H40N6O2S. The van der Waals surface area contributed by atoms with Crippen LogP contribution in [0.2, 0.25) is 0 Å². The van der Waals surface area contributed by atoms with E-state index < -0.39 is 0 Å². The maximum atomic E-state index is 14.4. The second-order valence-corrected chi connectivity index (χ2v) is 12.0. The summed E-state index contributed by atoms with van der Waals surface area (Å²) in [7, 11) is 3.93. The van der Waals surface area contributed by atoms with Crippen LogP contribution in [0.15, 0.2) is 58.0 Å². The molecule has 0 aliphatic carbocycles. The molecular weight excluding hydrogens is 520 g/mol. The van der Waals surface area contributed by atoms with Crippen LogP contribution in [0, 0.1) is 0 Å². The summed E-state index contributed by atoms with van der Waals surface area (Å²) in [6.07, 6.45) is 4.19. The number of likely N-dealkylation sites (N-methyl/N-ethyl adjacent to an activating group) is 1. The lowest BCUT2D eigenvalue weighted by Crippen LogP contribution is -2.50. The van der Waals surface area contributed by atoms with E-state index in [1.54, 1.807) is 18.9 Å². The SMILES string of the molecule is CC/C=C1/C(C(=O)N2CCN(CCOC)CC2)=C2Sc3ccccc3N2c2nc(N3CCCN(C)CC3)ccc21. The summed E-state index contributed by atoms with van der Waals surface area (Å²) in [5.74, 6) is 2.07. The molecule has 1 aromatic heterocycles. The van der Waals surface area contributed by atoms with E-state index in [1.807, 2.05) is 4.90 Å². The van der Waals surface area contributed by atoms with Crippen molar-refractivity contribution in [2.24, 2.45) is 0 Å². The van der Waals surface area contributed by atoms with Gasteiger partial charge in [-0.15, -0.1) is 0 Å². The molecule has 40 heavy (non-hydrogen) atoms. The summed E-state index contributed by atoms with van der Waals surface area (Å²) in [6.45, 7) is 11.1. The first-order valence-corrected chi connectivity index (χ1v) is 15.4. The number of methoxy groups -OCH3 is 1. The summed E-state index contributed by atoms with van der Waals surface area (Å²) in [4.78, 5) is 32.3. The number of para-hydroxylation sites is 1. The Morgan fingerprint density at radius 3 is 2.65 bits per heavy atom. The molecule has 9 heteroatoms. The first-order valence-electron chi connectivity index (χ1n) is 14.6. The van der Waals surface area contributed by atoms with Gasteiger partial charge < -0.3 is 19.4 Å². The van der Waals surface area contributed by atoms with E-state index in [0.29, 0.717) is 0 Å². The summed E-state index contributed by atoms with van der Waals surface area (Å²) >= 11 is 1.70. The topological polar surface area (TPSA) is 55.4 Å². The number of nitrogens with zero attached hydrogens (tertiary/aromatic N) is 6. The number of fused-ring (bicyclic) bond motifs is 5. The number of piperazine rings is 1. The fourth-order valence-corrected chi connectivity index (χ4v) is 7.25. The predicted octanol–water partition coefficient (Wildman–Crippen LogP) is 4.28. The van der Waals surface area contributed by atoms with Gasteiger partial charge in [0.05, 0.1) is 22.9 Å². The van der Waals surface area contributed by atoms with Gasteiger partial charge in [-0.2, -0.15) is 0 Å². The van der Waals surface area contributed by atoms with Crippen LogP contribution in [-0.4, -0.2) is 105 Å². The Bertz CT molecular complexity index is 1320. The third-order valence-corrected chi connectivity index (χ3v) is 9.44. The first kappa shape index (κ1) is 27.3. The third-order valence-electron chi connectivity index (χ3n) is 8.30. The number of pyridine rings is 1. The monoisotopic (exact) mass is 560 g/mol. The molecule has 0 unspecified atom stereocenters. The number of allylic oxidation sites excluding steroid dienone is 1. The largest absolute Gasteiger partial charge is 0.383 e. The van der Waals surface area contributed by atoms with Gasteiger partial charge in [0, 0.05) is 69.9 Å². The minimum Gasteiger partial charge on any atom is -0.383 e. The van der Waals surface area contributed by atoms with Gasteiger partial charge in [-0.1, -0.05) is 36.9 Å². The smallest absolute Gasteiger partial charge is 0.257 e. The van der Waals surface area contributed by atoms with Crippen LogP contribution in [0.4, 0.5) is 17.3 Å². The minimum atomic E-state index is 0.122. The van der Waals surface area contributed by atoms with Crippen molar-refractivity contribution in [3.8, 4) is 0 Å². The molecule has 8 nitrogen and oxygen atoms in total. The van der Waals surface area contributed by atoms with E-state index in [9.17, 15) is 4.79 Å². The fourth-order valence-electron chi connectivity index (χ4n) is 6.06. The lowest BCUT2D eigenvalue weighted by molar-refractivity contribution is -0.128. The summed E-state index contributed by atoms with van der Waals surface area (Å²) in [6, 6.07) is 12.8. The van der Waals surface area contributed by atoms with E-state index in [-0.39, 0.29) is 5.91 Å². The quantitative estimate of drug-likeness (QED) is 0.519. The van der Waals surface area contributed by atoms with Crippen molar-refractivity contribution < 1.29 is 9.53 Å². The van der Waals surface area contributed by atoms with Crippen LogP contribution in [0.3, 0.4) is 0 Å². The third kappa shape index (κ3) is 5.16. The molecule has 2 fully saturated rings. The van der Waals surface area contributed by atoms with Gasteiger partial charge in [-0.25, -0.2) is 4.98 Å². The number of benzene rings is 1. The summed E-state index contributed by atoms with van der Waals surface area (Å²) < 4.78 is 5.27. The van der Waals surface area contributed by atoms with Gasteiger partial charge in [0.25, 0.3) is 5.91 Å². The van der Waals surface area contributed by atoms with Gasteiger partial charge in [0.2, 0.25) is 0 Å². The highest BCUT2D eigenvalue weighted by Crippen LogP contribution is 2.56. The molecule has 1 aromatic carbocycles. The second-order valence-electron chi connectivity index (χ2n) is 10.9. The maximum Gasteiger partial charge on any atom is 0.257 e. The Labute approximate surface area is 242 Å². The van der Waals surface area contributed by atoms with Crippen LogP contribution in [0.1, 0.15) is 25.3 Å². The number of anilines is 3. The normalized spacial score (nSPS) is 21.0. The Kier molecular flexibility index (Phi) is 8.16. The molecule has 0 spiro atoms. The van der Waals surface area contributed by atoms with E-state index in [4.69, 9.17) is 9.72 Å². The molecule has 1 amide bonds. The van der Waals surface area contributed by atoms with Gasteiger partial charge in [0.15, 0.2) is 0 Å². The van der Waals surface area contributed by atoms with E-state index >= 15 is 0 Å². The first-order chi connectivity index (χ1) is 19.6. The maximum absolute atomic E-state index is 14.4. The van der Waals surface area contributed by atoms with Gasteiger partial charge in [-0.3, -0.25) is 14.6 Å². The van der Waals surface area contributed by atoms with E-state index in [1.165, 1.54) is 4.90 Å². The fraction of sp³-hybridized carbons (Fsp3) is 0.484. The number of thioether (sulfide) groups is 1. The van der Waals surface area contributed by atoms with Crippen LogP contribution in [0.25, 0.3) is 5.57 Å². The lowest BCUT2D eigenvalue weighted by Gasteiger charge is -2.37. The number of amides is 1. The molecule has 0 atom stereocenters. The van der Waals surface area contributed by atoms with Crippen LogP contribution >= 0.6 is 11.8 Å². The highest BCUT2D eigenvalue weighted by molar-refractivity contribution is 8.03. The van der Waals surface area contributed by atoms with Crippen molar-refractivity contribution in [1.82, 2.24) is 19.7 Å². The zero-order chi connectivity index (χ0) is 27.6. The number of rotatable bonds is 6. The van der Waals surface area contributed by atoms with Crippen LogP contribution < -0.4 is 9.80 Å². The molecule has 0 N–H and O–H groups in total. The molecule has 6 rings (SSSR count). The second kappa shape index (κ2) is 11.9. The standard InChI is InChI=1S/C31H40N6O2S/c1-4-8-23-24-11-12-27(35-14-7-13-33(2)15-18-35)32-29(24)37-25-9-5-6-10-26(25)40-31(37)28(23)30(38)36-19-16-34(17-20-36)21-22-39-3/h5-6,8-12H,4,7,13-22H2,1-3H3/b23-8+. The Morgan fingerprint density at radius 2 is 1.85 bits per heavy atom. The van der Waals surface area contributed by atoms with Gasteiger partial charge in [0.1, 0.15) is 11.6 Å². The average molecular weight is 561 g/mol. The molecule has 4 aliphatic heterocycles. The van der Waals surface area contributed by atoms with Gasteiger partial charge in [-0.05, 0) is 56.3 Å². The molecule has 2 aromatic rings. The van der Waals surface area contributed by atoms with Crippen molar-refractivity contribution in [1.29, 1.82) is 0 Å². The minimum absolute atomic E-state index is 0.122. The van der Waals surface area contributed by atoms with Gasteiger partial charge >= 0.3 is 0 Å². The Morgan fingerprint density at radius 1 is 1.02 bits per heavy atom. The zero-order valence-electron chi connectivity index (χ0n) is 23.9. The highest BCUT2D eigenvalue weighted by atomic mass is 32.2. The lowest BCUT2D eigenvalue weighted by atomic mass is 9.92. The average Bonchev–Trinajstić information content (AvgIpc) is 3.23. The van der Waals surface area contributed by atoms with Crippen molar-refractivity contribution in [2.75, 3.05) is 89.5 Å². The Balaban J connectivity index is 1.40. The number of aromatic nitrogens is 1. The van der Waals surface area contributed by atoms with Crippen molar-refractivity contribution >= 4 is 40.6 Å². The number of carbonyl (C=O) groups excluding carboxylic acids is 1. The predicted molar refractivity (Wildman–Crippen MR) is 163 cm³/mol. The van der Waals surface area contributed by atoms with Crippen molar-refractivity contribution in [3.63, 3.8) is 0 Å². The molecule has 5 heterocycles. The number of hydrogen-bond donors (Lipinski definition) is 0. The molecule has 0 radical (unpaired) electrons. The van der Waals surface area contributed by atoms with E-state index in [2.05, 4.69) is 76.0 Å². The molecule has 2 saturated heterocycles. The summed E-state index contributed by atoms with van der Waals surface area (Å²) in [5.41, 5.74) is 3.98. The molecule has 0 saturated carbocycles. The number of hydrogen-bond acceptors (Lipinski definition) is 8. The van der Waals surface area contributed by atoms with Crippen LogP contribution in [0.5, 0.6) is 0 Å². The number of carbonyl (C=O) groups is 1. The molecule has 4 aliphatic rings. The number of ether oxygens (including phenoxy) is 1. The van der Waals surface area contributed by atoms with E-state index in [0.717, 1.165) is 117 Å². The van der Waals surface area contributed by atoms with Crippen molar-refractivity contribution in [2.45, 2.75) is 24.7 Å². The van der Waals surface area contributed by atoms with Crippen molar-refractivity contribution in [3.05, 3.63) is 58.6 Å². The summed E-state index contributed by atoms with van der Waals surface area (Å²) in [5, 5.41) is 0.987. The highest BCUT2D eigenvalue weighted by Gasteiger charge is 2.41. The molecule has 0 bridgehead atoms. The Hall–Kier alpha value is -2.85.